The molecule has 0 aliphatic rings. The van der Waals surface area contributed by atoms with Crippen molar-refractivity contribution < 1.29 is 13.2 Å². The molecule has 0 saturated heterocycles. The summed E-state index contributed by atoms with van der Waals surface area (Å²) in [5.41, 5.74) is 1.91. The van der Waals surface area contributed by atoms with Gasteiger partial charge in [0, 0.05) is 10.9 Å². The molecule has 0 amide bonds. The SMILES string of the molecule is CCC(NS(=O)(=O)c1ccc(SC)cc1)c1ccc(OC)c(C)c1. The highest BCUT2D eigenvalue weighted by atomic mass is 32.2. The molecule has 4 nitrogen and oxygen atoms in total. The van der Waals surface area contributed by atoms with Gasteiger partial charge in [-0.25, -0.2) is 13.1 Å². The number of methoxy groups -OCH3 is 1. The number of hydrogen-bond acceptors (Lipinski definition) is 4. The molecule has 0 bridgehead atoms. The van der Waals surface area contributed by atoms with Crippen LogP contribution in [0.5, 0.6) is 5.75 Å². The minimum atomic E-state index is -3.56. The molecule has 0 spiro atoms. The lowest BCUT2D eigenvalue weighted by molar-refractivity contribution is 0.411. The minimum absolute atomic E-state index is 0.278. The van der Waals surface area contributed by atoms with Crippen molar-refractivity contribution in [1.82, 2.24) is 4.72 Å². The van der Waals surface area contributed by atoms with Gasteiger partial charge in [0.25, 0.3) is 0 Å². The van der Waals surface area contributed by atoms with E-state index in [0.717, 1.165) is 21.8 Å². The van der Waals surface area contributed by atoms with Crippen molar-refractivity contribution in [3.8, 4) is 5.75 Å². The number of thioether (sulfide) groups is 1. The fourth-order valence-corrected chi connectivity index (χ4v) is 4.23. The van der Waals surface area contributed by atoms with Crippen LogP contribution in [-0.4, -0.2) is 21.8 Å². The van der Waals surface area contributed by atoms with E-state index in [4.69, 9.17) is 4.74 Å². The monoisotopic (exact) mass is 365 g/mol. The van der Waals surface area contributed by atoms with E-state index in [2.05, 4.69) is 4.72 Å². The summed E-state index contributed by atoms with van der Waals surface area (Å²) in [5, 5.41) is 0. The third kappa shape index (κ3) is 4.32. The molecule has 0 aromatic heterocycles. The summed E-state index contributed by atoms with van der Waals surface area (Å²) < 4.78 is 33.3. The fraction of sp³-hybridized carbons (Fsp3) is 0.333. The van der Waals surface area contributed by atoms with Gasteiger partial charge in [0.1, 0.15) is 5.75 Å². The molecule has 2 aromatic carbocycles. The van der Waals surface area contributed by atoms with Gasteiger partial charge < -0.3 is 4.74 Å². The highest BCUT2D eigenvalue weighted by Crippen LogP contribution is 2.26. The number of hydrogen-bond donors (Lipinski definition) is 1. The van der Waals surface area contributed by atoms with Gasteiger partial charge in [0.15, 0.2) is 0 Å². The minimum Gasteiger partial charge on any atom is -0.496 e. The first kappa shape index (κ1) is 18.8. The van der Waals surface area contributed by atoms with E-state index in [1.807, 2.05) is 50.4 Å². The van der Waals surface area contributed by atoms with Gasteiger partial charge in [-0.1, -0.05) is 19.1 Å². The van der Waals surface area contributed by atoms with Crippen LogP contribution in [0, 0.1) is 6.92 Å². The molecular weight excluding hydrogens is 342 g/mol. The van der Waals surface area contributed by atoms with E-state index in [0.29, 0.717) is 6.42 Å². The molecule has 0 aliphatic carbocycles. The van der Waals surface area contributed by atoms with E-state index in [9.17, 15) is 8.42 Å². The van der Waals surface area contributed by atoms with Gasteiger partial charge in [0.05, 0.1) is 12.0 Å². The topological polar surface area (TPSA) is 55.4 Å². The second kappa shape index (κ2) is 8.05. The Labute approximate surface area is 148 Å². The summed E-state index contributed by atoms with van der Waals surface area (Å²) in [4.78, 5) is 1.32. The van der Waals surface area contributed by atoms with Crippen molar-refractivity contribution in [3.05, 3.63) is 53.6 Å². The highest BCUT2D eigenvalue weighted by Gasteiger charge is 2.20. The molecule has 130 valence electrons. The largest absolute Gasteiger partial charge is 0.496 e. The number of rotatable bonds is 7. The predicted molar refractivity (Wildman–Crippen MR) is 99.3 cm³/mol. The maximum absolute atomic E-state index is 12.6. The quantitative estimate of drug-likeness (QED) is 0.749. The number of nitrogens with one attached hydrogen (secondary N) is 1. The zero-order valence-corrected chi connectivity index (χ0v) is 16.0. The van der Waals surface area contributed by atoms with Gasteiger partial charge in [-0.3, -0.25) is 0 Å². The smallest absolute Gasteiger partial charge is 0.241 e. The molecule has 1 N–H and O–H groups in total. The van der Waals surface area contributed by atoms with Crippen molar-refractivity contribution in [2.24, 2.45) is 0 Å². The second-order valence-electron chi connectivity index (χ2n) is 5.49. The maximum Gasteiger partial charge on any atom is 0.241 e. The Hall–Kier alpha value is -1.50. The van der Waals surface area contributed by atoms with Gasteiger partial charge in [-0.2, -0.15) is 0 Å². The lowest BCUT2D eigenvalue weighted by Crippen LogP contribution is -2.28. The standard InChI is InChI=1S/C18H23NO3S2/c1-5-17(14-6-11-18(22-3)13(2)12-14)19-24(20,21)16-9-7-15(23-4)8-10-16/h6-12,17,19H,5H2,1-4H3. The molecule has 6 heteroatoms. The van der Waals surface area contributed by atoms with Gasteiger partial charge >= 0.3 is 0 Å². The zero-order chi connectivity index (χ0) is 17.7. The average Bonchev–Trinajstić information content (AvgIpc) is 2.59. The Kier molecular flexibility index (Phi) is 6.32. The first-order valence-electron chi connectivity index (χ1n) is 7.72. The Balaban J connectivity index is 2.26. The number of aryl methyl sites for hydroxylation is 1. The third-order valence-corrected chi connectivity index (χ3v) is 6.13. The van der Waals surface area contributed by atoms with Crippen LogP contribution in [0.4, 0.5) is 0 Å². The maximum atomic E-state index is 12.6. The van der Waals surface area contributed by atoms with E-state index < -0.39 is 10.0 Å². The van der Waals surface area contributed by atoms with Crippen LogP contribution in [0.15, 0.2) is 52.3 Å². The molecule has 24 heavy (non-hydrogen) atoms. The number of sulfonamides is 1. The van der Waals surface area contributed by atoms with Gasteiger partial charge in [-0.15, -0.1) is 11.8 Å². The molecule has 2 aromatic rings. The lowest BCUT2D eigenvalue weighted by atomic mass is 10.0. The van der Waals surface area contributed by atoms with Crippen LogP contribution in [-0.2, 0) is 10.0 Å². The Morgan fingerprint density at radius 3 is 2.33 bits per heavy atom. The van der Waals surface area contributed by atoms with Gasteiger partial charge in [0.2, 0.25) is 10.0 Å². The fourth-order valence-electron chi connectivity index (χ4n) is 2.52. The number of ether oxygens (including phenoxy) is 1. The molecule has 0 heterocycles. The van der Waals surface area contributed by atoms with Crippen molar-refractivity contribution in [2.45, 2.75) is 36.1 Å². The lowest BCUT2D eigenvalue weighted by Gasteiger charge is -2.19. The summed E-state index contributed by atoms with van der Waals surface area (Å²) in [7, 11) is -1.94. The van der Waals surface area contributed by atoms with Crippen LogP contribution in [0.25, 0.3) is 0 Å². The summed E-state index contributed by atoms with van der Waals surface area (Å²) in [6.45, 7) is 3.91. The summed E-state index contributed by atoms with van der Waals surface area (Å²) in [5.74, 6) is 0.795. The van der Waals surface area contributed by atoms with Crippen LogP contribution in [0.1, 0.15) is 30.5 Å². The van der Waals surface area contributed by atoms with E-state index in [1.165, 1.54) is 0 Å². The predicted octanol–water partition coefficient (Wildman–Crippen LogP) is 4.16. The third-order valence-electron chi connectivity index (χ3n) is 3.90. The normalized spacial score (nSPS) is 12.8. The van der Waals surface area contributed by atoms with Gasteiger partial charge in [-0.05, 0) is 61.1 Å². The summed E-state index contributed by atoms with van der Waals surface area (Å²) in [6.07, 6.45) is 2.62. The first-order valence-corrected chi connectivity index (χ1v) is 10.4. The molecular formula is C18H23NO3S2. The van der Waals surface area contributed by atoms with Crippen molar-refractivity contribution in [2.75, 3.05) is 13.4 Å². The second-order valence-corrected chi connectivity index (χ2v) is 8.08. The van der Waals surface area contributed by atoms with E-state index >= 15 is 0 Å². The highest BCUT2D eigenvalue weighted by molar-refractivity contribution is 7.98. The molecule has 0 aliphatic heterocycles. The molecule has 0 fully saturated rings. The molecule has 1 atom stereocenters. The zero-order valence-electron chi connectivity index (χ0n) is 14.4. The summed E-state index contributed by atoms with van der Waals surface area (Å²) in [6, 6.07) is 12.4. The Bertz CT molecular complexity index is 786. The van der Waals surface area contributed by atoms with Crippen molar-refractivity contribution in [3.63, 3.8) is 0 Å². The number of benzene rings is 2. The van der Waals surface area contributed by atoms with Crippen molar-refractivity contribution in [1.29, 1.82) is 0 Å². The first-order chi connectivity index (χ1) is 11.4. The van der Waals surface area contributed by atoms with Crippen LogP contribution in [0.2, 0.25) is 0 Å². The van der Waals surface area contributed by atoms with Crippen molar-refractivity contribution >= 4 is 21.8 Å². The molecule has 2 rings (SSSR count). The molecule has 0 saturated carbocycles. The average molecular weight is 366 g/mol. The van der Waals surface area contributed by atoms with Crippen LogP contribution >= 0.6 is 11.8 Å². The summed E-state index contributed by atoms with van der Waals surface area (Å²) >= 11 is 1.58. The van der Waals surface area contributed by atoms with E-state index in [1.54, 1.807) is 31.0 Å². The van der Waals surface area contributed by atoms with E-state index in [-0.39, 0.29) is 10.9 Å². The molecule has 0 radical (unpaired) electrons. The Morgan fingerprint density at radius 1 is 1.17 bits per heavy atom. The molecule has 1 unspecified atom stereocenters. The Morgan fingerprint density at radius 2 is 1.83 bits per heavy atom. The van der Waals surface area contributed by atoms with Crippen LogP contribution < -0.4 is 9.46 Å². The van der Waals surface area contributed by atoms with Crippen LogP contribution in [0.3, 0.4) is 0 Å².